The van der Waals surface area contributed by atoms with Crippen LogP contribution >= 0.6 is 11.6 Å². The molecule has 1 fully saturated rings. The zero-order valence-electron chi connectivity index (χ0n) is 10.0. The third kappa shape index (κ3) is 1.99. The van der Waals surface area contributed by atoms with Crippen molar-refractivity contribution in [3.63, 3.8) is 0 Å². The molecule has 1 aromatic rings. The summed E-state index contributed by atoms with van der Waals surface area (Å²) in [6.45, 7) is 3.39. The number of aromatic nitrogens is 1. The maximum absolute atomic E-state index is 11.8. The average Bonchev–Trinajstić information content (AvgIpc) is 2.27. The van der Waals surface area contributed by atoms with E-state index in [1.165, 1.54) is 0 Å². The van der Waals surface area contributed by atoms with Crippen molar-refractivity contribution in [3.05, 3.63) is 17.3 Å². The molecule has 0 bridgehead atoms. The SMILES string of the molecule is CC1(C)C(=O)NC(=O)CN1c1nc(Cl)ccc1N. The van der Waals surface area contributed by atoms with E-state index in [4.69, 9.17) is 17.3 Å². The van der Waals surface area contributed by atoms with Crippen molar-refractivity contribution in [1.82, 2.24) is 10.3 Å². The third-order valence-corrected chi connectivity index (χ3v) is 3.12. The molecular formula is C11H13ClN4O2. The second-order valence-corrected chi connectivity index (χ2v) is 4.96. The summed E-state index contributed by atoms with van der Waals surface area (Å²) < 4.78 is 0. The van der Waals surface area contributed by atoms with Gasteiger partial charge in [0.05, 0.1) is 12.2 Å². The van der Waals surface area contributed by atoms with Crippen molar-refractivity contribution in [1.29, 1.82) is 0 Å². The van der Waals surface area contributed by atoms with Gasteiger partial charge in [-0.05, 0) is 26.0 Å². The van der Waals surface area contributed by atoms with Gasteiger partial charge in [0.2, 0.25) is 5.91 Å². The molecule has 0 saturated carbocycles. The number of hydrogen-bond acceptors (Lipinski definition) is 5. The Morgan fingerprint density at radius 2 is 2.11 bits per heavy atom. The summed E-state index contributed by atoms with van der Waals surface area (Å²) in [6, 6.07) is 3.15. The first-order valence-electron chi connectivity index (χ1n) is 5.36. The Labute approximate surface area is 109 Å². The lowest BCUT2D eigenvalue weighted by Crippen LogP contribution is -2.64. The molecule has 1 aromatic heterocycles. The van der Waals surface area contributed by atoms with Crippen molar-refractivity contribution in [2.75, 3.05) is 17.2 Å². The van der Waals surface area contributed by atoms with E-state index in [1.807, 2.05) is 0 Å². The van der Waals surface area contributed by atoms with Crippen LogP contribution in [0, 0.1) is 0 Å². The predicted octanol–water partition coefficient (Wildman–Crippen LogP) is 0.559. The zero-order chi connectivity index (χ0) is 13.5. The minimum absolute atomic E-state index is 0.0102. The number of carbonyl (C=O) groups excluding carboxylic acids is 2. The van der Waals surface area contributed by atoms with Gasteiger partial charge in [0, 0.05) is 0 Å². The highest BCUT2D eigenvalue weighted by Crippen LogP contribution is 2.30. The van der Waals surface area contributed by atoms with Crippen LogP contribution in [0.2, 0.25) is 5.15 Å². The van der Waals surface area contributed by atoms with Gasteiger partial charge in [-0.2, -0.15) is 0 Å². The van der Waals surface area contributed by atoms with Crippen LogP contribution in [-0.4, -0.2) is 28.9 Å². The topological polar surface area (TPSA) is 88.3 Å². The van der Waals surface area contributed by atoms with Crippen molar-refractivity contribution in [2.45, 2.75) is 19.4 Å². The van der Waals surface area contributed by atoms with Crippen molar-refractivity contribution in [2.24, 2.45) is 0 Å². The highest BCUT2D eigenvalue weighted by Gasteiger charge is 2.42. The molecule has 3 N–H and O–H groups in total. The zero-order valence-corrected chi connectivity index (χ0v) is 10.8. The molecule has 7 heteroatoms. The summed E-state index contributed by atoms with van der Waals surface area (Å²) in [5.41, 5.74) is 5.28. The number of anilines is 2. The Morgan fingerprint density at radius 1 is 1.44 bits per heavy atom. The second-order valence-electron chi connectivity index (χ2n) is 4.57. The number of nitrogens with one attached hydrogen (secondary N) is 1. The number of pyridine rings is 1. The van der Waals surface area contributed by atoms with Gasteiger partial charge in [0.25, 0.3) is 5.91 Å². The van der Waals surface area contributed by atoms with E-state index < -0.39 is 5.54 Å². The van der Waals surface area contributed by atoms with E-state index in [0.29, 0.717) is 11.5 Å². The van der Waals surface area contributed by atoms with Crippen LogP contribution in [0.4, 0.5) is 11.5 Å². The van der Waals surface area contributed by atoms with Gasteiger partial charge in [-0.25, -0.2) is 4.98 Å². The number of halogens is 1. The Kier molecular flexibility index (Phi) is 2.90. The molecule has 2 heterocycles. The molecule has 6 nitrogen and oxygen atoms in total. The van der Waals surface area contributed by atoms with Crippen molar-refractivity contribution >= 4 is 34.9 Å². The fraction of sp³-hybridized carbons (Fsp3) is 0.364. The van der Waals surface area contributed by atoms with Gasteiger partial charge in [-0.3, -0.25) is 14.9 Å². The third-order valence-electron chi connectivity index (χ3n) is 2.91. The molecule has 0 aromatic carbocycles. The molecule has 0 unspecified atom stereocenters. The molecule has 0 radical (unpaired) electrons. The summed E-state index contributed by atoms with van der Waals surface area (Å²) in [4.78, 5) is 28.9. The number of carbonyl (C=O) groups is 2. The summed E-state index contributed by atoms with van der Waals surface area (Å²) in [5.74, 6) is -0.434. The molecule has 0 spiro atoms. The van der Waals surface area contributed by atoms with E-state index in [9.17, 15) is 9.59 Å². The number of nitrogens with zero attached hydrogens (tertiary/aromatic N) is 2. The van der Waals surface area contributed by atoms with Gasteiger partial charge >= 0.3 is 0 Å². The van der Waals surface area contributed by atoms with Crippen LogP contribution in [0.5, 0.6) is 0 Å². The van der Waals surface area contributed by atoms with E-state index in [-0.39, 0.29) is 23.5 Å². The number of nitrogen functional groups attached to an aromatic ring is 1. The lowest BCUT2D eigenvalue weighted by Gasteiger charge is -2.41. The van der Waals surface area contributed by atoms with Gasteiger partial charge in [-0.1, -0.05) is 11.6 Å². The largest absolute Gasteiger partial charge is 0.396 e. The Morgan fingerprint density at radius 3 is 2.78 bits per heavy atom. The summed E-state index contributed by atoms with van der Waals surface area (Å²) in [5, 5.41) is 2.54. The molecule has 0 atom stereocenters. The highest BCUT2D eigenvalue weighted by molar-refractivity contribution is 6.29. The van der Waals surface area contributed by atoms with Gasteiger partial charge in [0.1, 0.15) is 10.7 Å². The van der Waals surface area contributed by atoms with E-state index >= 15 is 0 Å². The maximum Gasteiger partial charge on any atom is 0.251 e. The van der Waals surface area contributed by atoms with Crippen LogP contribution < -0.4 is 16.0 Å². The van der Waals surface area contributed by atoms with Gasteiger partial charge in [-0.15, -0.1) is 0 Å². The Balaban J connectivity index is 2.50. The van der Waals surface area contributed by atoms with Crippen molar-refractivity contribution in [3.8, 4) is 0 Å². The number of nitrogens with two attached hydrogens (primary N) is 1. The summed E-state index contributed by atoms with van der Waals surface area (Å²) in [7, 11) is 0. The Bertz CT molecular complexity index is 530. The maximum atomic E-state index is 11.8. The molecule has 2 amide bonds. The molecule has 1 aliphatic rings. The van der Waals surface area contributed by atoms with Crippen LogP contribution in [0.15, 0.2) is 12.1 Å². The number of amides is 2. The molecule has 2 rings (SSSR count). The molecule has 0 aliphatic carbocycles. The minimum Gasteiger partial charge on any atom is -0.396 e. The normalized spacial score (nSPS) is 18.7. The molecular weight excluding hydrogens is 256 g/mol. The smallest absolute Gasteiger partial charge is 0.251 e. The van der Waals surface area contributed by atoms with Crippen molar-refractivity contribution < 1.29 is 9.59 Å². The van der Waals surface area contributed by atoms with Crippen LogP contribution in [-0.2, 0) is 9.59 Å². The van der Waals surface area contributed by atoms with Crippen LogP contribution in [0.3, 0.4) is 0 Å². The van der Waals surface area contributed by atoms with Crippen LogP contribution in [0.1, 0.15) is 13.8 Å². The Hall–Kier alpha value is -1.82. The predicted molar refractivity (Wildman–Crippen MR) is 68.2 cm³/mol. The average molecular weight is 269 g/mol. The minimum atomic E-state index is -0.917. The highest BCUT2D eigenvalue weighted by atomic mass is 35.5. The first-order chi connectivity index (χ1) is 8.32. The number of piperazine rings is 1. The monoisotopic (exact) mass is 268 g/mol. The number of rotatable bonds is 1. The lowest BCUT2D eigenvalue weighted by molar-refractivity contribution is -0.135. The fourth-order valence-corrected chi connectivity index (χ4v) is 1.92. The molecule has 1 saturated heterocycles. The first-order valence-corrected chi connectivity index (χ1v) is 5.74. The van der Waals surface area contributed by atoms with Crippen LogP contribution in [0.25, 0.3) is 0 Å². The standard InChI is InChI=1S/C11H13ClN4O2/c1-11(2)10(18)15-8(17)5-16(11)9-6(13)3-4-7(12)14-9/h3-4H,5,13H2,1-2H3,(H,15,17,18). The van der Waals surface area contributed by atoms with E-state index in [2.05, 4.69) is 10.3 Å². The molecule has 96 valence electrons. The first kappa shape index (κ1) is 12.6. The van der Waals surface area contributed by atoms with E-state index in [1.54, 1.807) is 30.9 Å². The quantitative estimate of drug-likeness (QED) is 0.574. The number of hydrogen-bond donors (Lipinski definition) is 2. The molecule has 1 aliphatic heterocycles. The second kappa shape index (κ2) is 4.13. The summed E-state index contributed by atoms with van der Waals surface area (Å²) >= 11 is 5.82. The summed E-state index contributed by atoms with van der Waals surface area (Å²) in [6.07, 6.45) is 0. The number of imide groups is 1. The fourth-order valence-electron chi connectivity index (χ4n) is 1.77. The van der Waals surface area contributed by atoms with E-state index in [0.717, 1.165) is 0 Å². The lowest BCUT2D eigenvalue weighted by atomic mass is 9.98. The molecule has 18 heavy (non-hydrogen) atoms. The van der Waals surface area contributed by atoms with Gasteiger partial charge < -0.3 is 10.6 Å². The van der Waals surface area contributed by atoms with Gasteiger partial charge in [0.15, 0.2) is 5.82 Å².